The van der Waals surface area contributed by atoms with Gasteiger partial charge in [0.15, 0.2) is 28.7 Å². The fourth-order valence-electron chi connectivity index (χ4n) is 9.34. The number of ketones is 5. The van der Waals surface area contributed by atoms with Gasteiger partial charge in [-0.15, -0.1) is 0 Å². The molecule has 2 saturated carbocycles. The van der Waals surface area contributed by atoms with Crippen molar-refractivity contribution in [3.8, 4) is 5.75 Å². The third kappa shape index (κ3) is 3.89. The van der Waals surface area contributed by atoms with Gasteiger partial charge in [-0.3, -0.25) is 24.0 Å². The zero-order valence-corrected chi connectivity index (χ0v) is 27.0. The normalized spacial score (nSPS) is 35.4. The molecule has 0 saturated heterocycles. The van der Waals surface area contributed by atoms with E-state index in [9.17, 15) is 39.3 Å². The van der Waals surface area contributed by atoms with Crippen LogP contribution >= 0.6 is 0 Å². The Kier molecular flexibility index (Phi) is 7.30. The van der Waals surface area contributed by atoms with E-state index in [0.29, 0.717) is 24.0 Å². The van der Waals surface area contributed by atoms with E-state index >= 15 is 0 Å². The minimum Gasteiger partial charge on any atom is -0.507 e. The van der Waals surface area contributed by atoms with Crippen LogP contribution < -0.4 is 0 Å². The van der Waals surface area contributed by atoms with E-state index in [4.69, 9.17) is 0 Å². The predicted molar refractivity (Wildman–Crippen MR) is 170 cm³/mol. The summed E-state index contributed by atoms with van der Waals surface area (Å²) in [7, 11) is 0. The van der Waals surface area contributed by atoms with Crippen molar-refractivity contribution in [1.29, 1.82) is 0 Å². The average Bonchev–Trinajstić information content (AvgIpc) is 3.47. The molecule has 0 heterocycles. The molecule has 3 unspecified atom stereocenters. The van der Waals surface area contributed by atoms with Crippen LogP contribution in [-0.4, -0.2) is 55.9 Å². The number of hydrogen-bond acceptors (Lipinski definition) is 8. The first-order valence-corrected chi connectivity index (χ1v) is 15.9. The van der Waals surface area contributed by atoms with Crippen LogP contribution in [-0.2, 0) is 25.6 Å². The van der Waals surface area contributed by atoms with E-state index in [1.807, 2.05) is 42.5 Å². The minimum atomic E-state index is -2.98. The lowest BCUT2D eigenvalue weighted by atomic mass is 9.37. The number of fused-ring (bicyclic) bond motifs is 3. The van der Waals surface area contributed by atoms with Gasteiger partial charge in [-0.25, -0.2) is 0 Å². The molecule has 8 heteroatoms. The maximum atomic E-state index is 14.6. The topological polar surface area (TPSA) is 146 Å². The first kappa shape index (κ1) is 32.0. The van der Waals surface area contributed by atoms with Crippen LogP contribution in [0.2, 0.25) is 0 Å². The van der Waals surface area contributed by atoms with Crippen molar-refractivity contribution in [2.75, 3.05) is 0 Å². The summed E-state index contributed by atoms with van der Waals surface area (Å²) in [5, 5.41) is 36.2. The van der Waals surface area contributed by atoms with Crippen molar-refractivity contribution >= 4 is 34.5 Å². The lowest BCUT2D eigenvalue weighted by molar-refractivity contribution is -0.240. The van der Waals surface area contributed by atoms with Crippen molar-refractivity contribution in [3.05, 3.63) is 82.4 Å². The fourth-order valence-corrected chi connectivity index (χ4v) is 9.34. The van der Waals surface area contributed by atoms with Gasteiger partial charge in [-0.2, -0.15) is 0 Å². The summed E-state index contributed by atoms with van der Waals surface area (Å²) in [6.07, 6.45) is 3.36. The van der Waals surface area contributed by atoms with E-state index in [1.165, 1.54) is 6.92 Å². The van der Waals surface area contributed by atoms with Gasteiger partial charge in [0, 0.05) is 16.7 Å². The van der Waals surface area contributed by atoms with Crippen molar-refractivity contribution < 1.29 is 39.3 Å². The van der Waals surface area contributed by atoms with Crippen molar-refractivity contribution in [3.63, 3.8) is 0 Å². The van der Waals surface area contributed by atoms with Crippen LogP contribution in [0.25, 0.3) is 5.57 Å². The van der Waals surface area contributed by atoms with E-state index in [0.717, 1.165) is 23.6 Å². The number of Topliss-reactive ketones (excluding diaryl/α,β-unsaturated/α-hetero) is 5. The smallest absolute Gasteiger partial charge is 0.191 e. The molecule has 3 N–H and O–H groups in total. The van der Waals surface area contributed by atoms with Gasteiger partial charge in [0.1, 0.15) is 17.5 Å². The monoisotopic (exact) mass is 624 g/mol. The second-order valence-electron chi connectivity index (χ2n) is 14.5. The number of phenolic OH excluding ortho intramolecular Hbond substituents is 1. The Hall–Kier alpha value is -4.01. The number of phenols is 1. The summed E-state index contributed by atoms with van der Waals surface area (Å²) in [5.41, 5.74) is -2.45. The van der Waals surface area contributed by atoms with Crippen LogP contribution in [0.5, 0.6) is 5.75 Å². The highest BCUT2D eigenvalue weighted by atomic mass is 16.3. The number of rotatable bonds is 5. The van der Waals surface area contributed by atoms with Gasteiger partial charge in [0.05, 0.1) is 17.6 Å². The zero-order valence-electron chi connectivity index (χ0n) is 27.0. The molecule has 8 atom stereocenters. The number of carbonyl (C=O) groups excluding carboxylic acids is 5. The molecule has 2 fully saturated rings. The van der Waals surface area contributed by atoms with Gasteiger partial charge < -0.3 is 15.3 Å². The lowest BCUT2D eigenvalue weighted by Gasteiger charge is -2.65. The SMILES string of the molecule is CC(=O)C1C(=O)C(C(C)C)[C@@]2(C)[C@H](O)[C@]3(C)C(C(=O)c4c(ccc(CC5=CC=C(c6ccccc6)C5)c4O)[C@H]3C)C(=O)[C@@]2(O)C1=O. The van der Waals surface area contributed by atoms with E-state index in [-0.39, 0.29) is 11.3 Å². The summed E-state index contributed by atoms with van der Waals surface area (Å²) >= 11 is 0. The maximum absolute atomic E-state index is 14.6. The molecular formula is C38H40O8. The molecule has 8 nitrogen and oxygen atoms in total. The van der Waals surface area contributed by atoms with Crippen molar-refractivity contribution in [2.45, 2.75) is 72.0 Å². The molecule has 0 radical (unpaired) electrons. The summed E-state index contributed by atoms with van der Waals surface area (Å²) in [5.74, 6) is -11.2. The van der Waals surface area contributed by atoms with Gasteiger partial charge in [-0.1, -0.05) is 94.8 Å². The molecular weight excluding hydrogens is 584 g/mol. The molecule has 4 aliphatic rings. The van der Waals surface area contributed by atoms with Gasteiger partial charge in [-0.05, 0) is 53.9 Å². The number of benzene rings is 2. The van der Waals surface area contributed by atoms with Crippen LogP contribution in [0, 0.1) is 34.5 Å². The second kappa shape index (κ2) is 10.5. The Bertz CT molecular complexity index is 1780. The largest absolute Gasteiger partial charge is 0.507 e. The molecule has 46 heavy (non-hydrogen) atoms. The summed E-state index contributed by atoms with van der Waals surface area (Å²) in [6.45, 7) is 9.08. The van der Waals surface area contributed by atoms with Gasteiger partial charge >= 0.3 is 0 Å². The Morgan fingerprint density at radius 2 is 1.63 bits per heavy atom. The number of hydrogen-bond donors (Lipinski definition) is 3. The Morgan fingerprint density at radius 1 is 0.978 bits per heavy atom. The molecule has 6 rings (SSSR count). The molecule has 240 valence electrons. The molecule has 0 spiro atoms. The van der Waals surface area contributed by atoms with Crippen LogP contribution in [0.15, 0.2) is 60.2 Å². The second-order valence-corrected chi connectivity index (χ2v) is 14.5. The third-order valence-corrected chi connectivity index (χ3v) is 11.8. The number of allylic oxidation sites excluding steroid dienone is 4. The van der Waals surface area contributed by atoms with Crippen molar-refractivity contribution in [1.82, 2.24) is 0 Å². The lowest BCUT2D eigenvalue weighted by Crippen LogP contribution is -2.81. The van der Waals surface area contributed by atoms with Crippen LogP contribution in [0.3, 0.4) is 0 Å². The molecule has 2 aromatic rings. The van der Waals surface area contributed by atoms with Crippen LogP contribution in [0.1, 0.15) is 80.9 Å². The Morgan fingerprint density at radius 3 is 2.24 bits per heavy atom. The number of carbonyl (C=O) groups is 5. The molecule has 2 aromatic carbocycles. The fraction of sp³-hybridized carbons (Fsp3) is 0.447. The highest BCUT2D eigenvalue weighted by Gasteiger charge is 2.80. The zero-order chi connectivity index (χ0) is 33.7. The first-order valence-electron chi connectivity index (χ1n) is 15.9. The molecule has 0 bridgehead atoms. The van der Waals surface area contributed by atoms with E-state index in [2.05, 4.69) is 0 Å². The highest BCUT2D eigenvalue weighted by molar-refractivity contribution is 6.33. The van der Waals surface area contributed by atoms with Gasteiger partial charge in [0.2, 0.25) is 0 Å². The molecule has 0 aromatic heterocycles. The van der Waals surface area contributed by atoms with E-state index < -0.39 is 81.0 Å². The predicted octanol–water partition coefficient (Wildman–Crippen LogP) is 4.58. The number of aliphatic hydroxyl groups is 2. The molecule has 0 amide bonds. The first-order chi connectivity index (χ1) is 21.5. The summed E-state index contributed by atoms with van der Waals surface area (Å²) < 4.78 is 0. The van der Waals surface area contributed by atoms with Gasteiger partial charge in [0.25, 0.3) is 0 Å². The van der Waals surface area contributed by atoms with Crippen LogP contribution in [0.4, 0.5) is 0 Å². The Labute approximate surface area is 268 Å². The van der Waals surface area contributed by atoms with E-state index in [1.54, 1.807) is 39.8 Å². The quantitative estimate of drug-likeness (QED) is 0.410. The van der Waals surface area contributed by atoms with Crippen molar-refractivity contribution in [2.24, 2.45) is 34.5 Å². The third-order valence-electron chi connectivity index (χ3n) is 11.8. The standard InChI is InChI=1S/C38H40O8/c1-18(2)28-31(41)26(20(4)39)33(43)38(46)34(44)29-32(42)27-25(19(3)36(29,5)35(45)37(28,38)6)15-14-24(30(27)40)17-21-12-13-23(16-21)22-10-8-7-9-11-22/h7-15,18-19,26,28-29,35,40,45-46H,16-17H2,1-6H3/t19-,26?,28?,29?,35-,36+,37+,38+/m1/s1. The maximum Gasteiger partial charge on any atom is 0.191 e. The summed E-state index contributed by atoms with van der Waals surface area (Å²) in [6, 6.07) is 13.4. The average molecular weight is 625 g/mol. The number of aromatic hydroxyl groups is 1. The molecule has 4 aliphatic carbocycles. The Balaban J connectivity index is 1.44. The summed E-state index contributed by atoms with van der Waals surface area (Å²) in [4.78, 5) is 69.3. The molecule has 0 aliphatic heterocycles. The minimum absolute atomic E-state index is 0.0714. The highest BCUT2D eigenvalue weighted by Crippen LogP contribution is 2.66. The number of aliphatic hydroxyl groups excluding tert-OH is 1.